The van der Waals surface area contributed by atoms with E-state index in [1.807, 2.05) is 18.9 Å². The van der Waals surface area contributed by atoms with Gasteiger partial charge in [0.2, 0.25) is 11.8 Å². The first-order valence-corrected chi connectivity index (χ1v) is 9.51. The van der Waals surface area contributed by atoms with E-state index in [1.54, 1.807) is 10.9 Å². The van der Waals surface area contributed by atoms with Crippen molar-refractivity contribution in [2.45, 2.75) is 31.0 Å². The van der Waals surface area contributed by atoms with Crippen molar-refractivity contribution in [3.63, 3.8) is 0 Å². The van der Waals surface area contributed by atoms with Crippen molar-refractivity contribution in [1.29, 1.82) is 0 Å². The second kappa shape index (κ2) is 7.90. The number of carbonyl (C=O) groups is 2. The molecule has 2 atom stereocenters. The lowest BCUT2D eigenvalue weighted by atomic mass is 9.93. The SMILES string of the molecule is CC(=O)N[C@@H]1CN(C(=O)CSc2nncn2C)C[C@H]1c1ccc(C)cc1. The number of nitrogens with one attached hydrogen (secondary N) is 1. The molecule has 8 heteroatoms. The molecule has 0 aliphatic carbocycles. The highest BCUT2D eigenvalue weighted by molar-refractivity contribution is 7.99. The number of carbonyl (C=O) groups excluding carboxylic acids is 2. The summed E-state index contributed by atoms with van der Waals surface area (Å²) in [5, 5.41) is 11.5. The van der Waals surface area contributed by atoms with Crippen molar-refractivity contribution in [2.24, 2.45) is 7.05 Å². The van der Waals surface area contributed by atoms with Crippen LogP contribution >= 0.6 is 11.8 Å². The van der Waals surface area contributed by atoms with Gasteiger partial charge in [0.15, 0.2) is 5.16 Å². The third-order valence-corrected chi connectivity index (χ3v) is 5.58. The first kappa shape index (κ1) is 18.4. The lowest BCUT2D eigenvalue weighted by molar-refractivity contribution is -0.127. The topological polar surface area (TPSA) is 80.1 Å². The fraction of sp³-hybridized carbons (Fsp3) is 0.444. The van der Waals surface area contributed by atoms with Gasteiger partial charge in [-0.2, -0.15) is 0 Å². The molecule has 0 unspecified atom stereocenters. The van der Waals surface area contributed by atoms with Crippen molar-refractivity contribution in [3.8, 4) is 0 Å². The van der Waals surface area contributed by atoms with Gasteiger partial charge in [0.25, 0.3) is 0 Å². The fourth-order valence-electron chi connectivity index (χ4n) is 3.19. The molecule has 1 aromatic heterocycles. The molecule has 0 saturated carbocycles. The number of hydrogen-bond donors (Lipinski definition) is 1. The molecule has 1 aliphatic rings. The number of nitrogens with zero attached hydrogens (tertiary/aromatic N) is 4. The zero-order valence-corrected chi connectivity index (χ0v) is 16.0. The van der Waals surface area contributed by atoms with Gasteiger partial charge < -0.3 is 14.8 Å². The molecule has 1 saturated heterocycles. The van der Waals surface area contributed by atoms with Crippen LogP contribution < -0.4 is 5.32 Å². The standard InChI is InChI=1S/C18H23N5O2S/c1-12-4-6-14(7-5-12)15-8-23(9-16(15)20-13(2)24)17(25)10-26-18-21-19-11-22(18)3/h4-7,11,15-16H,8-10H2,1-3H3,(H,20,24)/t15-,16+/m0/s1. The van der Waals surface area contributed by atoms with E-state index < -0.39 is 0 Å². The summed E-state index contributed by atoms with van der Waals surface area (Å²) in [4.78, 5) is 26.1. The zero-order chi connectivity index (χ0) is 18.7. The highest BCUT2D eigenvalue weighted by Gasteiger charge is 2.36. The predicted molar refractivity (Wildman–Crippen MR) is 99.8 cm³/mol. The molecule has 2 heterocycles. The number of hydrogen-bond acceptors (Lipinski definition) is 5. The molecule has 0 radical (unpaired) electrons. The Labute approximate surface area is 157 Å². The minimum absolute atomic E-state index is 0.0444. The van der Waals surface area contributed by atoms with Crippen LogP contribution in [0.25, 0.3) is 0 Å². The van der Waals surface area contributed by atoms with Crippen LogP contribution in [-0.2, 0) is 16.6 Å². The summed E-state index contributed by atoms with van der Waals surface area (Å²) >= 11 is 1.37. The molecule has 7 nitrogen and oxygen atoms in total. The van der Waals surface area contributed by atoms with Crippen molar-refractivity contribution >= 4 is 23.6 Å². The van der Waals surface area contributed by atoms with E-state index in [4.69, 9.17) is 0 Å². The van der Waals surface area contributed by atoms with Crippen LogP contribution in [0.2, 0.25) is 0 Å². The Balaban J connectivity index is 1.68. The molecule has 1 aromatic carbocycles. The van der Waals surface area contributed by atoms with Gasteiger partial charge in [0, 0.05) is 33.0 Å². The molecular weight excluding hydrogens is 350 g/mol. The maximum absolute atomic E-state index is 12.6. The average Bonchev–Trinajstić information content (AvgIpc) is 3.19. The van der Waals surface area contributed by atoms with Gasteiger partial charge in [0.05, 0.1) is 11.8 Å². The van der Waals surface area contributed by atoms with Crippen LogP contribution in [0, 0.1) is 6.92 Å². The summed E-state index contributed by atoms with van der Waals surface area (Å²) in [5.41, 5.74) is 2.33. The van der Waals surface area contributed by atoms with Crippen LogP contribution in [0.4, 0.5) is 0 Å². The van der Waals surface area contributed by atoms with Gasteiger partial charge in [-0.1, -0.05) is 41.6 Å². The molecule has 3 rings (SSSR count). The molecule has 1 aliphatic heterocycles. The largest absolute Gasteiger partial charge is 0.351 e. The number of amides is 2. The van der Waals surface area contributed by atoms with Crippen molar-refractivity contribution in [1.82, 2.24) is 25.0 Å². The summed E-state index contributed by atoms with van der Waals surface area (Å²) in [6.07, 6.45) is 1.61. The Kier molecular flexibility index (Phi) is 5.61. The number of aromatic nitrogens is 3. The minimum atomic E-state index is -0.0742. The van der Waals surface area contributed by atoms with Gasteiger partial charge in [-0.3, -0.25) is 9.59 Å². The number of thioether (sulfide) groups is 1. The Morgan fingerprint density at radius 2 is 2.00 bits per heavy atom. The van der Waals surface area contributed by atoms with E-state index in [0.717, 1.165) is 5.56 Å². The van der Waals surface area contributed by atoms with Crippen molar-refractivity contribution in [2.75, 3.05) is 18.8 Å². The van der Waals surface area contributed by atoms with Gasteiger partial charge in [0.1, 0.15) is 6.33 Å². The highest BCUT2D eigenvalue weighted by Crippen LogP contribution is 2.29. The highest BCUT2D eigenvalue weighted by atomic mass is 32.2. The van der Waals surface area contributed by atoms with Gasteiger partial charge >= 0.3 is 0 Å². The maximum atomic E-state index is 12.6. The lowest BCUT2D eigenvalue weighted by Gasteiger charge is -2.19. The summed E-state index contributed by atoms with van der Waals surface area (Å²) in [5.74, 6) is 0.376. The Bertz CT molecular complexity index is 789. The molecule has 1 fully saturated rings. The Hall–Kier alpha value is -2.35. The Morgan fingerprint density at radius 3 is 2.62 bits per heavy atom. The molecule has 2 aromatic rings. The van der Waals surface area contributed by atoms with Crippen LogP contribution in [0.5, 0.6) is 0 Å². The molecule has 138 valence electrons. The van der Waals surface area contributed by atoms with E-state index in [1.165, 1.54) is 24.2 Å². The number of likely N-dealkylation sites (tertiary alicyclic amines) is 1. The quantitative estimate of drug-likeness (QED) is 0.800. The van der Waals surface area contributed by atoms with E-state index in [0.29, 0.717) is 24.0 Å². The summed E-state index contributed by atoms with van der Waals surface area (Å²) in [6, 6.07) is 8.22. The van der Waals surface area contributed by atoms with E-state index >= 15 is 0 Å². The van der Waals surface area contributed by atoms with E-state index in [2.05, 4.69) is 39.8 Å². The lowest BCUT2D eigenvalue weighted by Crippen LogP contribution is -2.39. The first-order chi connectivity index (χ1) is 12.4. The van der Waals surface area contributed by atoms with Crippen LogP contribution in [-0.4, -0.2) is 56.4 Å². The normalized spacial score (nSPS) is 19.6. The second-order valence-electron chi connectivity index (χ2n) is 6.64. The zero-order valence-electron chi connectivity index (χ0n) is 15.2. The summed E-state index contributed by atoms with van der Waals surface area (Å²) in [6.45, 7) is 4.69. The predicted octanol–water partition coefficient (Wildman–Crippen LogP) is 1.35. The first-order valence-electron chi connectivity index (χ1n) is 8.52. The van der Waals surface area contributed by atoms with E-state index in [-0.39, 0.29) is 23.8 Å². The van der Waals surface area contributed by atoms with Crippen molar-refractivity contribution in [3.05, 3.63) is 41.7 Å². The van der Waals surface area contributed by atoms with Crippen LogP contribution in [0.15, 0.2) is 35.7 Å². The van der Waals surface area contributed by atoms with E-state index in [9.17, 15) is 9.59 Å². The smallest absolute Gasteiger partial charge is 0.233 e. The number of benzene rings is 1. The summed E-state index contributed by atoms with van der Waals surface area (Å²) < 4.78 is 1.79. The molecule has 0 spiro atoms. The fourth-order valence-corrected chi connectivity index (χ4v) is 3.98. The molecule has 0 bridgehead atoms. The third-order valence-electron chi connectivity index (χ3n) is 4.56. The third kappa shape index (κ3) is 4.24. The summed E-state index contributed by atoms with van der Waals surface area (Å²) in [7, 11) is 1.85. The molecular formula is C18H23N5O2S. The molecule has 26 heavy (non-hydrogen) atoms. The van der Waals surface area contributed by atoms with Gasteiger partial charge in [-0.05, 0) is 12.5 Å². The minimum Gasteiger partial charge on any atom is -0.351 e. The van der Waals surface area contributed by atoms with Gasteiger partial charge in [-0.25, -0.2) is 0 Å². The van der Waals surface area contributed by atoms with Crippen molar-refractivity contribution < 1.29 is 9.59 Å². The monoisotopic (exact) mass is 373 g/mol. The van der Waals surface area contributed by atoms with Gasteiger partial charge in [-0.15, -0.1) is 10.2 Å². The Morgan fingerprint density at radius 1 is 1.27 bits per heavy atom. The van der Waals surface area contributed by atoms with Crippen LogP contribution in [0.3, 0.4) is 0 Å². The molecule has 2 amide bonds. The number of rotatable bonds is 5. The average molecular weight is 373 g/mol. The molecule has 1 N–H and O–H groups in total. The second-order valence-corrected chi connectivity index (χ2v) is 7.58. The maximum Gasteiger partial charge on any atom is 0.233 e. The van der Waals surface area contributed by atoms with Crippen LogP contribution in [0.1, 0.15) is 24.0 Å². The number of aryl methyl sites for hydroxylation is 2.